The minimum absolute atomic E-state index is 0.206. The summed E-state index contributed by atoms with van der Waals surface area (Å²) in [7, 11) is 0. The van der Waals surface area contributed by atoms with Crippen molar-refractivity contribution in [3.8, 4) is 0 Å². The molecule has 1 aromatic rings. The number of amides is 1. The van der Waals surface area contributed by atoms with Gasteiger partial charge in [-0.2, -0.15) is 11.8 Å². The Morgan fingerprint density at radius 1 is 1.86 bits per heavy atom. The SMILES string of the molecule is CSCC[C@H](N)C(=O)Nc1cnoc1. The van der Waals surface area contributed by atoms with Gasteiger partial charge in [-0.05, 0) is 18.4 Å². The van der Waals surface area contributed by atoms with Crippen LogP contribution in [0.15, 0.2) is 17.0 Å². The van der Waals surface area contributed by atoms with Crippen molar-refractivity contribution in [2.75, 3.05) is 17.3 Å². The van der Waals surface area contributed by atoms with Crippen molar-refractivity contribution in [3.05, 3.63) is 12.5 Å². The predicted molar refractivity (Wildman–Crippen MR) is 56.1 cm³/mol. The number of hydrogen-bond acceptors (Lipinski definition) is 5. The van der Waals surface area contributed by atoms with Crippen molar-refractivity contribution < 1.29 is 9.32 Å². The van der Waals surface area contributed by atoms with Crippen LogP contribution in [0.4, 0.5) is 5.69 Å². The summed E-state index contributed by atoms with van der Waals surface area (Å²) in [5, 5.41) is 6.06. The fourth-order valence-corrected chi connectivity index (χ4v) is 1.37. The van der Waals surface area contributed by atoms with E-state index in [9.17, 15) is 4.79 Å². The summed E-state index contributed by atoms with van der Waals surface area (Å²) in [6, 6.07) is -0.475. The molecule has 0 saturated carbocycles. The van der Waals surface area contributed by atoms with Crippen LogP contribution in [0.3, 0.4) is 0 Å². The Morgan fingerprint density at radius 2 is 2.64 bits per heavy atom. The Bertz CT molecular complexity index is 276. The van der Waals surface area contributed by atoms with Crippen LogP contribution in [0.5, 0.6) is 0 Å². The van der Waals surface area contributed by atoms with Gasteiger partial charge in [-0.25, -0.2) is 0 Å². The highest BCUT2D eigenvalue weighted by Crippen LogP contribution is 2.05. The van der Waals surface area contributed by atoms with E-state index >= 15 is 0 Å². The first kappa shape index (κ1) is 11.1. The molecule has 0 unspecified atom stereocenters. The van der Waals surface area contributed by atoms with E-state index in [1.54, 1.807) is 11.8 Å². The molecule has 0 aliphatic carbocycles. The topological polar surface area (TPSA) is 81.2 Å². The van der Waals surface area contributed by atoms with E-state index in [0.717, 1.165) is 5.75 Å². The lowest BCUT2D eigenvalue weighted by molar-refractivity contribution is -0.117. The van der Waals surface area contributed by atoms with Gasteiger partial charge < -0.3 is 15.6 Å². The fraction of sp³-hybridized carbons (Fsp3) is 0.500. The highest BCUT2D eigenvalue weighted by Gasteiger charge is 2.13. The Balaban J connectivity index is 2.34. The summed E-state index contributed by atoms with van der Waals surface area (Å²) in [6.45, 7) is 0. The van der Waals surface area contributed by atoms with Crippen LogP contribution in [-0.4, -0.2) is 29.1 Å². The van der Waals surface area contributed by atoms with E-state index in [2.05, 4.69) is 15.0 Å². The molecule has 5 nitrogen and oxygen atoms in total. The van der Waals surface area contributed by atoms with Gasteiger partial charge in [0.15, 0.2) is 0 Å². The number of carbonyl (C=O) groups is 1. The Hall–Kier alpha value is -1.01. The van der Waals surface area contributed by atoms with Crippen molar-refractivity contribution in [1.29, 1.82) is 0 Å². The van der Waals surface area contributed by atoms with Gasteiger partial charge in [0.1, 0.15) is 12.0 Å². The van der Waals surface area contributed by atoms with Crippen LogP contribution in [0.2, 0.25) is 0 Å². The first-order valence-electron chi connectivity index (χ1n) is 4.19. The molecule has 1 rings (SSSR count). The molecule has 0 saturated heterocycles. The highest BCUT2D eigenvalue weighted by molar-refractivity contribution is 7.98. The lowest BCUT2D eigenvalue weighted by Crippen LogP contribution is -2.35. The molecule has 0 aliphatic rings. The summed E-state index contributed by atoms with van der Waals surface area (Å²) < 4.78 is 4.57. The normalized spacial score (nSPS) is 12.4. The molecule has 0 aromatic carbocycles. The zero-order valence-electron chi connectivity index (χ0n) is 7.90. The smallest absolute Gasteiger partial charge is 0.241 e. The molecule has 1 heterocycles. The molecule has 0 spiro atoms. The van der Waals surface area contributed by atoms with Gasteiger partial charge in [0, 0.05) is 0 Å². The first-order valence-corrected chi connectivity index (χ1v) is 5.58. The van der Waals surface area contributed by atoms with Crippen LogP contribution < -0.4 is 11.1 Å². The number of nitrogens with zero attached hydrogens (tertiary/aromatic N) is 1. The van der Waals surface area contributed by atoms with E-state index in [4.69, 9.17) is 5.73 Å². The fourth-order valence-electron chi connectivity index (χ4n) is 0.877. The van der Waals surface area contributed by atoms with Crippen molar-refractivity contribution in [2.45, 2.75) is 12.5 Å². The molecule has 1 aromatic heterocycles. The number of rotatable bonds is 5. The molecule has 0 radical (unpaired) electrons. The summed E-state index contributed by atoms with van der Waals surface area (Å²) in [4.78, 5) is 11.4. The zero-order chi connectivity index (χ0) is 10.4. The van der Waals surface area contributed by atoms with E-state index < -0.39 is 6.04 Å². The molecule has 1 amide bonds. The molecule has 1 atom stereocenters. The van der Waals surface area contributed by atoms with E-state index in [1.165, 1.54) is 12.5 Å². The first-order chi connectivity index (χ1) is 6.74. The second-order valence-corrected chi connectivity index (χ2v) is 3.78. The van der Waals surface area contributed by atoms with Gasteiger partial charge in [-0.1, -0.05) is 5.16 Å². The van der Waals surface area contributed by atoms with E-state index in [0.29, 0.717) is 12.1 Å². The molecule has 0 bridgehead atoms. The van der Waals surface area contributed by atoms with Gasteiger partial charge in [-0.15, -0.1) is 0 Å². The monoisotopic (exact) mass is 215 g/mol. The molecule has 78 valence electrons. The Kier molecular flexibility index (Phi) is 4.48. The largest absolute Gasteiger partial charge is 0.363 e. The predicted octanol–water partition coefficient (Wildman–Crippen LogP) is 0.693. The van der Waals surface area contributed by atoms with Gasteiger partial charge in [0.25, 0.3) is 0 Å². The quantitative estimate of drug-likeness (QED) is 0.755. The zero-order valence-corrected chi connectivity index (χ0v) is 8.71. The number of thioether (sulfide) groups is 1. The molecular formula is C8H13N3O2S. The van der Waals surface area contributed by atoms with Gasteiger partial charge in [-0.3, -0.25) is 4.79 Å². The minimum atomic E-state index is -0.475. The molecule has 6 heteroatoms. The van der Waals surface area contributed by atoms with Crippen molar-refractivity contribution in [2.24, 2.45) is 5.73 Å². The maximum absolute atomic E-state index is 11.4. The third-order valence-corrected chi connectivity index (χ3v) is 2.31. The molecule has 0 fully saturated rings. The van der Waals surface area contributed by atoms with Crippen molar-refractivity contribution in [1.82, 2.24) is 5.16 Å². The minimum Gasteiger partial charge on any atom is -0.363 e. The van der Waals surface area contributed by atoms with Gasteiger partial charge >= 0.3 is 0 Å². The lowest BCUT2D eigenvalue weighted by Gasteiger charge is -2.09. The Labute approximate surface area is 86.4 Å². The maximum Gasteiger partial charge on any atom is 0.241 e. The summed E-state index contributed by atoms with van der Waals surface area (Å²) in [5.41, 5.74) is 6.18. The summed E-state index contributed by atoms with van der Waals surface area (Å²) >= 11 is 1.66. The average Bonchev–Trinajstić information content (AvgIpc) is 2.66. The number of nitrogens with one attached hydrogen (secondary N) is 1. The molecular weight excluding hydrogens is 202 g/mol. The number of carbonyl (C=O) groups excluding carboxylic acids is 1. The van der Waals surface area contributed by atoms with Crippen LogP contribution in [0.1, 0.15) is 6.42 Å². The molecule has 14 heavy (non-hydrogen) atoms. The standard InChI is InChI=1S/C8H13N3O2S/c1-14-3-2-7(9)8(12)11-6-4-10-13-5-6/h4-5,7H,2-3,9H2,1H3,(H,11,12)/t7-/m0/s1. The van der Waals surface area contributed by atoms with Crippen LogP contribution in [-0.2, 0) is 4.79 Å². The Morgan fingerprint density at radius 3 is 3.21 bits per heavy atom. The van der Waals surface area contributed by atoms with Crippen molar-refractivity contribution >= 4 is 23.4 Å². The summed E-state index contributed by atoms with van der Waals surface area (Å²) in [5.74, 6) is 0.667. The second-order valence-electron chi connectivity index (χ2n) is 2.79. The van der Waals surface area contributed by atoms with Gasteiger partial charge in [0.05, 0.1) is 12.2 Å². The van der Waals surface area contributed by atoms with Crippen molar-refractivity contribution in [3.63, 3.8) is 0 Å². The number of nitrogens with two attached hydrogens (primary N) is 1. The van der Waals surface area contributed by atoms with E-state index in [-0.39, 0.29) is 5.91 Å². The second kappa shape index (κ2) is 5.66. The number of hydrogen-bond donors (Lipinski definition) is 2. The lowest BCUT2D eigenvalue weighted by atomic mass is 10.2. The van der Waals surface area contributed by atoms with E-state index in [1.807, 2.05) is 6.26 Å². The summed E-state index contributed by atoms with van der Waals surface area (Å²) in [6.07, 6.45) is 5.43. The highest BCUT2D eigenvalue weighted by atomic mass is 32.2. The third-order valence-electron chi connectivity index (χ3n) is 1.67. The average molecular weight is 215 g/mol. The molecule has 0 aliphatic heterocycles. The number of anilines is 1. The van der Waals surface area contributed by atoms with Crippen LogP contribution in [0.25, 0.3) is 0 Å². The third kappa shape index (κ3) is 3.39. The maximum atomic E-state index is 11.4. The number of aromatic nitrogens is 1. The van der Waals surface area contributed by atoms with Gasteiger partial charge in [0.2, 0.25) is 5.91 Å². The van der Waals surface area contributed by atoms with Crippen LogP contribution in [0, 0.1) is 0 Å². The van der Waals surface area contributed by atoms with Crippen LogP contribution >= 0.6 is 11.8 Å². The molecule has 3 N–H and O–H groups in total.